The second-order valence-corrected chi connectivity index (χ2v) is 9.23. The summed E-state index contributed by atoms with van der Waals surface area (Å²) < 4.78 is 6.96. The number of aromatic nitrogens is 2. The van der Waals surface area contributed by atoms with Gasteiger partial charge in [0.05, 0.1) is 29.1 Å². The first-order valence-corrected chi connectivity index (χ1v) is 12.2. The van der Waals surface area contributed by atoms with Gasteiger partial charge in [-0.1, -0.05) is 49.3 Å². The van der Waals surface area contributed by atoms with Gasteiger partial charge in [0.25, 0.3) is 5.91 Å². The Labute approximate surface area is 199 Å². The number of nitrogens with zero attached hydrogens (tertiary/aromatic N) is 3. The third-order valence-electron chi connectivity index (χ3n) is 5.44. The van der Waals surface area contributed by atoms with Crippen LogP contribution in [0.4, 0.5) is 5.13 Å². The lowest BCUT2D eigenvalue weighted by Gasteiger charge is -2.20. The Morgan fingerprint density at radius 1 is 1.06 bits per heavy atom. The van der Waals surface area contributed by atoms with Crippen LogP contribution in [0.2, 0.25) is 0 Å². The van der Waals surface area contributed by atoms with Crippen molar-refractivity contribution in [1.82, 2.24) is 9.97 Å². The highest BCUT2D eigenvalue weighted by atomic mass is 32.1. The molecule has 4 aromatic rings. The first kappa shape index (κ1) is 22.9. The minimum absolute atomic E-state index is 0.118. The maximum atomic E-state index is 13.7. The van der Waals surface area contributed by atoms with Gasteiger partial charge in [0.15, 0.2) is 5.13 Å². The van der Waals surface area contributed by atoms with Crippen LogP contribution in [-0.2, 0) is 6.54 Å². The van der Waals surface area contributed by atoms with Crippen molar-refractivity contribution in [3.8, 4) is 5.75 Å². The molecule has 4 rings (SSSR count). The molecule has 0 aliphatic heterocycles. The van der Waals surface area contributed by atoms with Crippen LogP contribution in [-0.4, -0.2) is 22.5 Å². The lowest BCUT2D eigenvalue weighted by Crippen LogP contribution is -2.30. The Balaban J connectivity index is 1.67. The van der Waals surface area contributed by atoms with E-state index >= 15 is 0 Å². The van der Waals surface area contributed by atoms with Crippen molar-refractivity contribution < 1.29 is 9.53 Å². The molecule has 0 N–H and O–H groups in total. The molecule has 0 spiro atoms. The molecular weight excluding hydrogens is 430 g/mol. The number of ether oxygens (including phenoxy) is 1. The molecule has 2 aromatic carbocycles. The monoisotopic (exact) mass is 459 g/mol. The van der Waals surface area contributed by atoms with Gasteiger partial charge in [-0.2, -0.15) is 0 Å². The van der Waals surface area contributed by atoms with E-state index in [-0.39, 0.29) is 5.91 Å². The Morgan fingerprint density at radius 2 is 1.94 bits per heavy atom. The van der Waals surface area contributed by atoms with Gasteiger partial charge in [-0.15, -0.1) is 0 Å². The minimum atomic E-state index is -0.118. The van der Waals surface area contributed by atoms with E-state index in [1.807, 2.05) is 42.5 Å². The van der Waals surface area contributed by atoms with Crippen molar-refractivity contribution in [2.24, 2.45) is 0 Å². The molecule has 0 saturated heterocycles. The number of hydrogen-bond acceptors (Lipinski definition) is 5. The molecule has 0 bridgehead atoms. The summed E-state index contributed by atoms with van der Waals surface area (Å²) in [7, 11) is 0. The van der Waals surface area contributed by atoms with E-state index in [0.29, 0.717) is 29.6 Å². The van der Waals surface area contributed by atoms with E-state index < -0.39 is 0 Å². The highest BCUT2D eigenvalue weighted by Gasteiger charge is 2.23. The highest BCUT2D eigenvalue weighted by molar-refractivity contribution is 7.22. The van der Waals surface area contributed by atoms with E-state index in [1.54, 1.807) is 11.1 Å². The zero-order valence-corrected chi connectivity index (χ0v) is 20.2. The molecule has 0 unspecified atom stereocenters. The number of anilines is 1. The average molecular weight is 460 g/mol. The van der Waals surface area contributed by atoms with Crippen LogP contribution in [0.15, 0.2) is 60.8 Å². The number of rotatable bonds is 9. The van der Waals surface area contributed by atoms with Crippen LogP contribution < -0.4 is 9.64 Å². The maximum Gasteiger partial charge on any atom is 0.260 e. The molecule has 0 aliphatic carbocycles. The van der Waals surface area contributed by atoms with Crippen LogP contribution in [0.5, 0.6) is 5.75 Å². The Hall–Kier alpha value is -3.25. The summed E-state index contributed by atoms with van der Waals surface area (Å²) >= 11 is 1.53. The molecule has 170 valence electrons. The minimum Gasteiger partial charge on any atom is -0.494 e. The van der Waals surface area contributed by atoms with Gasteiger partial charge in [-0.3, -0.25) is 14.7 Å². The number of benzene rings is 2. The van der Waals surface area contributed by atoms with Gasteiger partial charge in [-0.25, -0.2) is 4.98 Å². The summed E-state index contributed by atoms with van der Waals surface area (Å²) in [6, 6.07) is 17.4. The van der Waals surface area contributed by atoms with E-state index in [4.69, 9.17) is 9.72 Å². The van der Waals surface area contributed by atoms with E-state index in [2.05, 4.69) is 37.9 Å². The smallest absolute Gasteiger partial charge is 0.260 e. The zero-order chi connectivity index (χ0) is 23.2. The summed E-state index contributed by atoms with van der Waals surface area (Å²) in [5.41, 5.74) is 4.62. The molecule has 0 saturated carbocycles. The van der Waals surface area contributed by atoms with E-state index in [0.717, 1.165) is 40.7 Å². The molecule has 6 heteroatoms. The fourth-order valence-corrected chi connectivity index (χ4v) is 4.91. The fourth-order valence-electron chi connectivity index (χ4n) is 3.77. The standard InChI is InChI=1S/C27H29N3O2S/c1-4-5-8-14-32-23-12-9-10-21(17-23)26(31)30(18-22-11-6-7-13-28-22)27-29-25-20(3)15-19(2)16-24(25)33-27/h6-7,9-13,15-17H,4-5,8,14,18H2,1-3H3. The number of pyridine rings is 1. The van der Waals surface area contributed by atoms with Crippen molar-refractivity contribution in [3.05, 3.63) is 83.2 Å². The molecule has 2 aromatic heterocycles. The van der Waals surface area contributed by atoms with Gasteiger partial charge >= 0.3 is 0 Å². The second kappa shape index (κ2) is 10.6. The number of unbranched alkanes of at least 4 members (excludes halogenated alkanes) is 2. The number of hydrogen-bond donors (Lipinski definition) is 0. The van der Waals surface area contributed by atoms with Crippen molar-refractivity contribution in [2.75, 3.05) is 11.5 Å². The third-order valence-corrected chi connectivity index (χ3v) is 6.46. The van der Waals surface area contributed by atoms with Crippen molar-refractivity contribution in [3.63, 3.8) is 0 Å². The second-order valence-electron chi connectivity index (χ2n) is 8.22. The number of carbonyl (C=O) groups is 1. The summed E-state index contributed by atoms with van der Waals surface area (Å²) in [5, 5.41) is 0.670. The first-order chi connectivity index (χ1) is 16.0. The van der Waals surface area contributed by atoms with Crippen LogP contribution >= 0.6 is 11.3 Å². The Bertz CT molecular complexity index is 1240. The van der Waals surface area contributed by atoms with Gasteiger partial charge in [-0.05, 0) is 67.8 Å². The highest BCUT2D eigenvalue weighted by Crippen LogP contribution is 2.33. The first-order valence-electron chi connectivity index (χ1n) is 11.4. The molecule has 2 heterocycles. The molecule has 1 amide bonds. The van der Waals surface area contributed by atoms with E-state index in [9.17, 15) is 4.79 Å². The number of carbonyl (C=O) groups excluding carboxylic acids is 1. The average Bonchev–Trinajstić information content (AvgIpc) is 3.25. The normalized spacial score (nSPS) is 11.0. The van der Waals surface area contributed by atoms with E-state index in [1.165, 1.54) is 16.9 Å². The third kappa shape index (κ3) is 5.57. The van der Waals surface area contributed by atoms with Crippen molar-refractivity contribution in [1.29, 1.82) is 0 Å². The number of aryl methyl sites for hydroxylation is 2. The zero-order valence-electron chi connectivity index (χ0n) is 19.4. The quantitative estimate of drug-likeness (QED) is 0.261. The van der Waals surface area contributed by atoms with Gasteiger partial charge in [0.1, 0.15) is 5.75 Å². The van der Waals surface area contributed by atoms with Crippen LogP contribution in [0.1, 0.15) is 53.4 Å². The number of fused-ring (bicyclic) bond motifs is 1. The van der Waals surface area contributed by atoms with Crippen LogP contribution in [0, 0.1) is 13.8 Å². The van der Waals surface area contributed by atoms with Gasteiger partial charge in [0.2, 0.25) is 0 Å². The predicted octanol–water partition coefficient (Wildman–Crippen LogP) is 6.72. The number of thiazole rings is 1. The van der Waals surface area contributed by atoms with Crippen molar-refractivity contribution >= 4 is 32.6 Å². The lowest BCUT2D eigenvalue weighted by molar-refractivity contribution is 0.0984. The SMILES string of the molecule is CCCCCOc1cccc(C(=O)N(Cc2ccccn2)c2nc3c(C)cc(C)cc3s2)c1. The molecular formula is C27H29N3O2S. The molecule has 0 atom stereocenters. The van der Waals surface area contributed by atoms with Gasteiger partial charge < -0.3 is 4.74 Å². The summed E-state index contributed by atoms with van der Waals surface area (Å²) in [6.45, 7) is 7.30. The number of amides is 1. The summed E-state index contributed by atoms with van der Waals surface area (Å²) in [6.07, 6.45) is 5.03. The van der Waals surface area contributed by atoms with Crippen LogP contribution in [0.3, 0.4) is 0 Å². The van der Waals surface area contributed by atoms with Gasteiger partial charge in [0, 0.05) is 11.8 Å². The summed E-state index contributed by atoms with van der Waals surface area (Å²) in [4.78, 5) is 24.7. The molecule has 0 aliphatic rings. The van der Waals surface area contributed by atoms with Crippen molar-refractivity contribution in [2.45, 2.75) is 46.6 Å². The Kier molecular flexibility index (Phi) is 7.35. The molecule has 0 radical (unpaired) electrons. The lowest BCUT2D eigenvalue weighted by atomic mass is 10.1. The topological polar surface area (TPSA) is 55.3 Å². The molecule has 33 heavy (non-hydrogen) atoms. The molecule has 0 fully saturated rings. The molecule has 5 nitrogen and oxygen atoms in total. The largest absolute Gasteiger partial charge is 0.494 e. The Morgan fingerprint density at radius 3 is 2.73 bits per heavy atom. The summed E-state index contributed by atoms with van der Waals surface area (Å²) in [5.74, 6) is 0.596. The maximum absolute atomic E-state index is 13.7. The predicted molar refractivity (Wildman–Crippen MR) is 135 cm³/mol. The fraction of sp³-hybridized carbons (Fsp3) is 0.296. The van der Waals surface area contributed by atoms with Crippen LogP contribution in [0.25, 0.3) is 10.2 Å².